The van der Waals surface area contributed by atoms with Crippen molar-refractivity contribution in [2.75, 3.05) is 0 Å². The van der Waals surface area contributed by atoms with Crippen molar-refractivity contribution in [1.82, 2.24) is 0 Å². The number of hydrogen-bond donors (Lipinski definition) is 0. The third kappa shape index (κ3) is 160. The van der Waals surface area contributed by atoms with Crippen molar-refractivity contribution in [3.05, 3.63) is 0 Å². The molecule has 0 N–H and O–H groups in total. The first-order valence-corrected chi connectivity index (χ1v) is 2.54. The van der Waals surface area contributed by atoms with Crippen LogP contribution in [0.25, 0.3) is 0 Å². The number of rotatable bonds is 0. The van der Waals surface area contributed by atoms with Crippen LogP contribution in [0.3, 0.4) is 0 Å². The monoisotopic (exact) mass is 163 g/mol. The van der Waals surface area contributed by atoms with Gasteiger partial charge in [0.2, 0.25) is 0 Å². The third-order valence-corrected chi connectivity index (χ3v) is 0. The summed E-state index contributed by atoms with van der Waals surface area (Å²) in [5, 5.41) is 0. The normalized spacial score (nSPS) is 5.80. The predicted molar refractivity (Wildman–Crippen MR) is 2.06 cm³/mol. The van der Waals surface area contributed by atoms with Gasteiger partial charge in [-0.3, -0.25) is 0 Å². The average molecular weight is 163 g/mol. The fourth-order valence-electron chi connectivity index (χ4n) is 0. The van der Waals surface area contributed by atoms with Crippen molar-refractivity contribution in [1.29, 1.82) is 0 Å². The standard InChI is InChI=1S/4Li.Mn.5O/q4*+1;;;;-2;2*-1. The molecule has 0 aromatic carbocycles. The zero-order valence-corrected chi connectivity index (χ0v) is 7.60. The van der Waals surface area contributed by atoms with Gasteiger partial charge in [0, 0.05) is 0 Å². The van der Waals surface area contributed by atoms with Gasteiger partial charge in [0.1, 0.15) is 0 Å². The van der Waals surface area contributed by atoms with Crippen LogP contribution >= 0.6 is 0 Å². The van der Waals surface area contributed by atoms with Crippen LogP contribution in [0.15, 0.2) is 0 Å². The Morgan fingerprint density at radius 2 is 0.800 bits per heavy atom. The summed E-state index contributed by atoms with van der Waals surface area (Å²) in [4.78, 5) is 0. The molecule has 5 nitrogen and oxygen atoms in total. The molecule has 0 aromatic heterocycles. The molecule has 0 heterocycles. The summed E-state index contributed by atoms with van der Waals surface area (Å²) in [5.74, 6) is 0. The van der Waals surface area contributed by atoms with Crippen molar-refractivity contribution in [2.24, 2.45) is 0 Å². The van der Waals surface area contributed by atoms with Crippen molar-refractivity contribution >= 4 is 0 Å². The van der Waals surface area contributed by atoms with E-state index < -0.39 is 13.4 Å². The molecular formula is Li4MnO5. The Bertz CT molecular complexity index is 96.8. The quantitative estimate of drug-likeness (QED) is 0.330. The molecule has 41 valence electrons. The fraction of sp³-hybridized carbons (Fsp3) is 0. The zero-order chi connectivity index (χ0) is 4.50. The molecule has 0 bridgehead atoms. The molecule has 0 spiro atoms. The fourth-order valence-corrected chi connectivity index (χ4v) is 0. The molecule has 0 aromatic rings. The zero-order valence-electron chi connectivity index (χ0n) is 6.42. The molecule has 0 aliphatic heterocycles. The van der Waals surface area contributed by atoms with Gasteiger partial charge in [-0.2, -0.15) is 0 Å². The van der Waals surface area contributed by atoms with Crippen LogP contribution in [0.4, 0.5) is 0 Å². The summed E-state index contributed by atoms with van der Waals surface area (Å²) in [6, 6.07) is 0. The van der Waals surface area contributed by atoms with E-state index >= 15 is 0 Å². The first-order valence-electron chi connectivity index (χ1n) is 0.617. The van der Waals surface area contributed by atoms with Crippen LogP contribution < -0.4 is 83.8 Å². The molecule has 0 rings (SSSR count). The maximum absolute atomic E-state index is 8.58. The molecule has 0 radical (unpaired) electrons. The predicted octanol–water partition coefficient (Wildman–Crippen LogP) is -14.7. The van der Waals surface area contributed by atoms with Crippen LogP contribution in [-0.2, 0) is 26.5 Å². The summed E-state index contributed by atoms with van der Waals surface area (Å²) in [5.41, 5.74) is 0. The molecule has 0 atom stereocenters. The van der Waals surface area contributed by atoms with Gasteiger partial charge >= 0.3 is 105 Å². The van der Waals surface area contributed by atoms with Crippen LogP contribution in [0.2, 0.25) is 0 Å². The van der Waals surface area contributed by atoms with Gasteiger partial charge in [0.05, 0.1) is 0 Å². The van der Waals surface area contributed by atoms with E-state index in [0.717, 1.165) is 0 Å². The van der Waals surface area contributed by atoms with Gasteiger partial charge < -0.3 is 5.48 Å². The molecule has 0 fully saturated rings. The maximum atomic E-state index is 8.58. The molecule has 0 unspecified atom stereocenters. The van der Waals surface area contributed by atoms with Crippen LogP contribution in [-0.4, -0.2) is 0 Å². The van der Waals surface area contributed by atoms with Gasteiger partial charge in [-0.25, -0.2) is 0 Å². The van der Waals surface area contributed by atoms with Crippen LogP contribution in [0, 0.1) is 0 Å². The van der Waals surface area contributed by atoms with Crippen molar-refractivity contribution < 1.29 is 110 Å². The Morgan fingerprint density at radius 3 is 0.800 bits per heavy atom. The van der Waals surface area contributed by atoms with E-state index in [1.54, 1.807) is 0 Å². The Hall–Kier alpha value is 2.39. The van der Waals surface area contributed by atoms with E-state index in [0.29, 0.717) is 0 Å². The van der Waals surface area contributed by atoms with Gasteiger partial charge in [0.15, 0.2) is 0 Å². The molecule has 10 heteroatoms. The SMILES string of the molecule is [Li+].[Li+].[Li+].[Li+].[O-2].[O]=[Mn](=[O])([O-])[O-]. The van der Waals surface area contributed by atoms with Crippen molar-refractivity contribution in [2.45, 2.75) is 0 Å². The molecular weight excluding hydrogens is 163 g/mol. The van der Waals surface area contributed by atoms with Crippen LogP contribution in [0.5, 0.6) is 0 Å². The summed E-state index contributed by atoms with van der Waals surface area (Å²) in [6.45, 7) is 0. The van der Waals surface area contributed by atoms with Crippen LogP contribution in [0.1, 0.15) is 0 Å². The molecule has 0 saturated carbocycles. The van der Waals surface area contributed by atoms with Gasteiger partial charge in [-0.15, -0.1) is 0 Å². The molecule has 0 saturated heterocycles. The van der Waals surface area contributed by atoms with Gasteiger partial charge in [-0.1, -0.05) is 0 Å². The summed E-state index contributed by atoms with van der Waals surface area (Å²) in [6.07, 6.45) is 0. The van der Waals surface area contributed by atoms with Crippen molar-refractivity contribution in [3.8, 4) is 0 Å². The Labute approximate surface area is 109 Å². The molecule has 0 amide bonds. The van der Waals surface area contributed by atoms with Gasteiger partial charge in [0.25, 0.3) is 0 Å². The minimum absolute atomic E-state index is 0. The van der Waals surface area contributed by atoms with E-state index in [4.69, 9.17) is 16.0 Å². The molecule has 0 aliphatic rings. The molecule has 0 aliphatic carbocycles. The topological polar surface area (TPSA) is 109 Å². The first kappa shape index (κ1) is 39.4. The van der Waals surface area contributed by atoms with E-state index in [9.17, 15) is 0 Å². The van der Waals surface area contributed by atoms with Gasteiger partial charge in [-0.05, 0) is 0 Å². The minimum atomic E-state index is -5.62. The van der Waals surface area contributed by atoms with E-state index in [1.165, 1.54) is 0 Å². The Kier molecular flexibility index (Phi) is 68.8. The average Bonchev–Trinajstić information content (AvgIpc) is 0.722. The number of hydrogen-bond acceptors (Lipinski definition) is 4. The summed E-state index contributed by atoms with van der Waals surface area (Å²) in [7, 11) is 0. The first-order chi connectivity index (χ1) is 2.00. The molecule has 10 heavy (non-hydrogen) atoms. The second-order valence-electron chi connectivity index (χ2n) is 0.378. The Morgan fingerprint density at radius 1 is 0.800 bits per heavy atom. The second kappa shape index (κ2) is 17.5. The van der Waals surface area contributed by atoms with E-state index in [-0.39, 0.29) is 80.9 Å². The van der Waals surface area contributed by atoms with Crippen molar-refractivity contribution in [3.63, 3.8) is 0 Å². The summed E-state index contributed by atoms with van der Waals surface area (Å²) >= 11 is -5.62. The third-order valence-electron chi connectivity index (χ3n) is 0. The summed E-state index contributed by atoms with van der Waals surface area (Å²) < 4.78 is 34.3. The van der Waals surface area contributed by atoms with E-state index in [2.05, 4.69) is 0 Å². The Balaban J connectivity index is -0.00000000800. The second-order valence-corrected chi connectivity index (χ2v) is 1.56. The van der Waals surface area contributed by atoms with E-state index in [1.807, 2.05) is 0 Å².